The summed E-state index contributed by atoms with van der Waals surface area (Å²) in [5.41, 5.74) is 0.617. The normalized spacial score (nSPS) is 11.9. The second-order valence-electron chi connectivity index (χ2n) is 4.20. The van der Waals surface area contributed by atoms with E-state index in [1.54, 1.807) is 25.1 Å². The molecular formula is C15H13ClO3. The smallest absolute Gasteiger partial charge is 0.310 e. The maximum atomic E-state index is 11.0. The van der Waals surface area contributed by atoms with E-state index in [2.05, 4.69) is 0 Å². The first kappa shape index (κ1) is 13.4. The number of carboxylic acids is 1. The van der Waals surface area contributed by atoms with Crippen molar-refractivity contribution in [3.05, 3.63) is 59.1 Å². The van der Waals surface area contributed by atoms with Crippen LogP contribution in [0.1, 0.15) is 18.4 Å². The van der Waals surface area contributed by atoms with Gasteiger partial charge in [0.15, 0.2) is 0 Å². The van der Waals surface area contributed by atoms with Gasteiger partial charge in [-0.2, -0.15) is 0 Å². The highest BCUT2D eigenvalue weighted by Crippen LogP contribution is 2.29. The van der Waals surface area contributed by atoms with Gasteiger partial charge in [-0.05, 0) is 42.8 Å². The minimum atomic E-state index is -0.895. The Bertz CT molecular complexity index is 581. The van der Waals surface area contributed by atoms with E-state index in [-0.39, 0.29) is 0 Å². The first-order valence-electron chi connectivity index (χ1n) is 5.82. The van der Waals surface area contributed by atoms with Crippen LogP contribution >= 0.6 is 11.6 Å². The molecule has 0 saturated carbocycles. The van der Waals surface area contributed by atoms with Gasteiger partial charge in [-0.15, -0.1) is 0 Å². The predicted octanol–water partition coefficient (Wildman–Crippen LogP) is 4.32. The molecule has 0 amide bonds. The Morgan fingerprint density at radius 1 is 1.16 bits per heavy atom. The average Bonchev–Trinajstić information content (AvgIpc) is 2.38. The van der Waals surface area contributed by atoms with Crippen LogP contribution in [0.4, 0.5) is 0 Å². The molecule has 0 bridgehead atoms. The summed E-state index contributed by atoms with van der Waals surface area (Å²) in [6.45, 7) is 1.61. The van der Waals surface area contributed by atoms with Gasteiger partial charge in [-0.3, -0.25) is 4.79 Å². The highest BCUT2D eigenvalue weighted by atomic mass is 35.5. The van der Waals surface area contributed by atoms with E-state index in [9.17, 15) is 4.79 Å². The molecule has 0 spiro atoms. The van der Waals surface area contributed by atoms with Gasteiger partial charge < -0.3 is 9.84 Å². The molecule has 19 heavy (non-hydrogen) atoms. The second kappa shape index (κ2) is 5.76. The molecule has 2 rings (SSSR count). The standard InChI is InChI=1S/C15H13ClO3/c1-10(15(17)18)11-7-12(16)9-14(8-11)19-13-5-3-2-4-6-13/h2-10H,1H3,(H,17,18). The number of rotatable bonds is 4. The first-order valence-corrected chi connectivity index (χ1v) is 6.20. The van der Waals surface area contributed by atoms with E-state index in [1.165, 1.54) is 0 Å². The van der Waals surface area contributed by atoms with Crippen molar-refractivity contribution in [3.63, 3.8) is 0 Å². The van der Waals surface area contributed by atoms with E-state index >= 15 is 0 Å². The van der Waals surface area contributed by atoms with Crippen molar-refractivity contribution in [1.82, 2.24) is 0 Å². The van der Waals surface area contributed by atoms with Crippen molar-refractivity contribution in [2.75, 3.05) is 0 Å². The zero-order valence-electron chi connectivity index (χ0n) is 10.3. The monoisotopic (exact) mass is 276 g/mol. The molecule has 1 unspecified atom stereocenters. The number of hydrogen-bond donors (Lipinski definition) is 1. The molecule has 0 aliphatic carbocycles. The molecule has 4 heteroatoms. The average molecular weight is 277 g/mol. The summed E-state index contributed by atoms with van der Waals surface area (Å²) >= 11 is 5.99. The van der Waals surface area contributed by atoms with Crippen molar-refractivity contribution < 1.29 is 14.6 Å². The molecule has 0 radical (unpaired) electrons. The Morgan fingerprint density at radius 2 is 1.84 bits per heavy atom. The molecule has 1 N–H and O–H groups in total. The third-order valence-corrected chi connectivity index (χ3v) is 2.96. The third-order valence-electron chi connectivity index (χ3n) is 2.74. The maximum absolute atomic E-state index is 11.0. The zero-order chi connectivity index (χ0) is 13.8. The van der Waals surface area contributed by atoms with Crippen molar-refractivity contribution >= 4 is 17.6 Å². The molecule has 3 nitrogen and oxygen atoms in total. The summed E-state index contributed by atoms with van der Waals surface area (Å²) < 4.78 is 5.65. The molecule has 0 aliphatic rings. The number of para-hydroxylation sites is 1. The highest BCUT2D eigenvalue weighted by Gasteiger charge is 2.15. The molecule has 0 aliphatic heterocycles. The molecule has 0 saturated heterocycles. The highest BCUT2D eigenvalue weighted by molar-refractivity contribution is 6.30. The Morgan fingerprint density at radius 3 is 2.47 bits per heavy atom. The molecular weight excluding hydrogens is 264 g/mol. The van der Waals surface area contributed by atoms with Crippen LogP contribution in [-0.4, -0.2) is 11.1 Å². The Balaban J connectivity index is 2.29. The number of halogens is 1. The van der Waals surface area contributed by atoms with Crippen LogP contribution in [0.3, 0.4) is 0 Å². The van der Waals surface area contributed by atoms with Crippen LogP contribution in [0.25, 0.3) is 0 Å². The number of carboxylic acid groups (broad SMARTS) is 1. The summed E-state index contributed by atoms with van der Waals surface area (Å²) in [5, 5.41) is 9.48. The minimum Gasteiger partial charge on any atom is -0.481 e. The predicted molar refractivity (Wildman–Crippen MR) is 74.0 cm³/mol. The Kier molecular flexibility index (Phi) is 4.07. The van der Waals surface area contributed by atoms with Crippen LogP contribution in [0, 0.1) is 0 Å². The van der Waals surface area contributed by atoms with Gasteiger partial charge in [0.05, 0.1) is 5.92 Å². The van der Waals surface area contributed by atoms with Crippen LogP contribution in [-0.2, 0) is 4.79 Å². The fraction of sp³-hybridized carbons (Fsp3) is 0.133. The number of hydrogen-bond acceptors (Lipinski definition) is 2. The van der Waals surface area contributed by atoms with E-state index in [4.69, 9.17) is 21.4 Å². The second-order valence-corrected chi connectivity index (χ2v) is 4.63. The molecule has 0 heterocycles. The van der Waals surface area contributed by atoms with Crippen molar-refractivity contribution in [1.29, 1.82) is 0 Å². The third kappa shape index (κ3) is 3.48. The largest absolute Gasteiger partial charge is 0.481 e. The molecule has 0 aromatic heterocycles. The lowest BCUT2D eigenvalue weighted by molar-refractivity contribution is -0.138. The van der Waals surface area contributed by atoms with Gasteiger partial charge in [0.1, 0.15) is 11.5 Å². The summed E-state index contributed by atoms with van der Waals surface area (Å²) in [5.74, 6) is -0.315. The lowest BCUT2D eigenvalue weighted by atomic mass is 10.0. The first-order chi connectivity index (χ1) is 9.06. The Hall–Kier alpha value is -2.00. The van der Waals surface area contributed by atoms with Crippen LogP contribution in [0.2, 0.25) is 5.02 Å². The summed E-state index contributed by atoms with van der Waals surface area (Å²) in [6.07, 6.45) is 0. The number of ether oxygens (including phenoxy) is 1. The summed E-state index contributed by atoms with van der Waals surface area (Å²) in [6, 6.07) is 14.2. The lowest BCUT2D eigenvalue weighted by Crippen LogP contribution is -2.07. The van der Waals surface area contributed by atoms with Gasteiger partial charge in [0.2, 0.25) is 0 Å². The zero-order valence-corrected chi connectivity index (χ0v) is 11.1. The van der Waals surface area contributed by atoms with Gasteiger partial charge in [0, 0.05) is 5.02 Å². The fourth-order valence-electron chi connectivity index (χ4n) is 1.66. The molecule has 2 aromatic carbocycles. The summed E-state index contributed by atoms with van der Waals surface area (Å²) in [4.78, 5) is 11.0. The number of benzene rings is 2. The van der Waals surface area contributed by atoms with E-state index in [1.807, 2.05) is 30.3 Å². The molecule has 2 aromatic rings. The maximum Gasteiger partial charge on any atom is 0.310 e. The van der Waals surface area contributed by atoms with Gasteiger partial charge in [0.25, 0.3) is 0 Å². The van der Waals surface area contributed by atoms with Crippen LogP contribution < -0.4 is 4.74 Å². The van der Waals surface area contributed by atoms with Gasteiger partial charge in [-0.1, -0.05) is 29.8 Å². The Labute approximate surface area is 116 Å². The van der Waals surface area contributed by atoms with Crippen molar-refractivity contribution in [2.24, 2.45) is 0 Å². The minimum absolute atomic E-state index is 0.455. The van der Waals surface area contributed by atoms with E-state index < -0.39 is 11.9 Å². The van der Waals surface area contributed by atoms with E-state index in [0.29, 0.717) is 22.1 Å². The SMILES string of the molecule is CC(C(=O)O)c1cc(Cl)cc(Oc2ccccc2)c1. The summed E-state index contributed by atoms with van der Waals surface area (Å²) in [7, 11) is 0. The fourth-order valence-corrected chi connectivity index (χ4v) is 1.89. The molecule has 98 valence electrons. The molecule has 1 atom stereocenters. The quantitative estimate of drug-likeness (QED) is 0.904. The van der Waals surface area contributed by atoms with E-state index in [0.717, 1.165) is 0 Å². The topological polar surface area (TPSA) is 46.5 Å². The van der Waals surface area contributed by atoms with Gasteiger partial charge >= 0.3 is 5.97 Å². The van der Waals surface area contributed by atoms with Crippen LogP contribution in [0.5, 0.6) is 11.5 Å². The van der Waals surface area contributed by atoms with Crippen LogP contribution in [0.15, 0.2) is 48.5 Å². The lowest BCUT2D eigenvalue weighted by Gasteiger charge is -2.11. The molecule has 0 fully saturated rings. The van der Waals surface area contributed by atoms with Crippen molar-refractivity contribution in [2.45, 2.75) is 12.8 Å². The van der Waals surface area contributed by atoms with Crippen molar-refractivity contribution in [3.8, 4) is 11.5 Å². The van der Waals surface area contributed by atoms with Gasteiger partial charge in [-0.25, -0.2) is 0 Å². The number of carbonyl (C=O) groups is 1. The number of aliphatic carboxylic acids is 1.